The van der Waals surface area contributed by atoms with Gasteiger partial charge in [-0.3, -0.25) is 4.79 Å². The Labute approximate surface area is 112 Å². The van der Waals surface area contributed by atoms with Crippen LogP contribution in [-0.4, -0.2) is 54.1 Å². The van der Waals surface area contributed by atoms with Crippen LogP contribution in [0.3, 0.4) is 0 Å². The van der Waals surface area contributed by atoms with Crippen LogP contribution in [0.25, 0.3) is 0 Å². The van der Waals surface area contributed by atoms with E-state index in [0.29, 0.717) is 23.8 Å². The molecule has 2 heterocycles. The van der Waals surface area contributed by atoms with E-state index in [2.05, 4.69) is 10.1 Å². The number of rotatable bonds is 5. The number of urea groups is 1. The van der Waals surface area contributed by atoms with Gasteiger partial charge in [-0.1, -0.05) is 6.42 Å². The molecule has 2 fully saturated rings. The van der Waals surface area contributed by atoms with Gasteiger partial charge in [-0.25, -0.2) is 4.79 Å². The number of nitrogens with one attached hydrogen (secondary N) is 1. The lowest BCUT2D eigenvalue weighted by molar-refractivity contribution is -0.140. The summed E-state index contributed by atoms with van der Waals surface area (Å²) in [6.07, 6.45) is 3.43. The number of unbranched alkanes of at least 4 members (excludes halogenated alkanes) is 1. The van der Waals surface area contributed by atoms with E-state index in [4.69, 9.17) is 0 Å². The number of likely N-dealkylation sites (N-methyl/N-ethyl adjacent to an activating group) is 1. The van der Waals surface area contributed by atoms with Crippen LogP contribution in [0.2, 0.25) is 0 Å². The first kappa shape index (κ1) is 13.5. The molecule has 1 N–H and O–H groups in total. The standard InChI is InChI=1S/C12H20N2O3S/c1-14-11-8(13-12(14)16)7-18-9(11)5-3-4-6-10(15)17-2/h8-9,11H,3-7H2,1-2H3,(H,13,16). The molecule has 102 valence electrons. The predicted octanol–water partition coefficient (Wildman–Crippen LogP) is 1.23. The number of hydrogen-bond donors (Lipinski definition) is 1. The highest BCUT2D eigenvalue weighted by Crippen LogP contribution is 2.36. The second-order valence-corrected chi connectivity index (χ2v) is 6.12. The maximum Gasteiger partial charge on any atom is 0.317 e. The molecular weight excluding hydrogens is 252 g/mol. The van der Waals surface area contributed by atoms with Crippen molar-refractivity contribution in [3.05, 3.63) is 0 Å². The minimum absolute atomic E-state index is 0.0462. The number of fused-ring (bicyclic) bond motifs is 1. The average molecular weight is 272 g/mol. The Kier molecular flexibility index (Phi) is 4.37. The molecule has 0 spiro atoms. The van der Waals surface area contributed by atoms with E-state index >= 15 is 0 Å². The third-order valence-electron chi connectivity index (χ3n) is 3.71. The number of amides is 2. The van der Waals surface area contributed by atoms with Crippen molar-refractivity contribution in [2.24, 2.45) is 0 Å². The Hall–Kier alpha value is -0.910. The molecule has 2 aliphatic heterocycles. The minimum Gasteiger partial charge on any atom is -0.469 e. The summed E-state index contributed by atoms with van der Waals surface area (Å²) in [4.78, 5) is 24.4. The number of methoxy groups -OCH3 is 1. The van der Waals surface area contributed by atoms with Gasteiger partial charge in [0.2, 0.25) is 0 Å². The van der Waals surface area contributed by atoms with Crippen LogP contribution in [0.1, 0.15) is 25.7 Å². The number of carbonyl (C=O) groups excluding carboxylic acids is 2. The quantitative estimate of drug-likeness (QED) is 0.464. The molecule has 0 aliphatic carbocycles. The Morgan fingerprint density at radius 1 is 1.56 bits per heavy atom. The summed E-state index contributed by atoms with van der Waals surface area (Å²) in [5.41, 5.74) is 0. The van der Waals surface area contributed by atoms with E-state index in [1.165, 1.54) is 7.11 Å². The van der Waals surface area contributed by atoms with Crippen molar-refractivity contribution in [3.8, 4) is 0 Å². The highest BCUT2D eigenvalue weighted by Gasteiger charge is 2.46. The van der Waals surface area contributed by atoms with Gasteiger partial charge in [-0.2, -0.15) is 11.8 Å². The van der Waals surface area contributed by atoms with Crippen molar-refractivity contribution in [1.82, 2.24) is 10.2 Å². The molecule has 5 nitrogen and oxygen atoms in total. The average Bonchev–Trinajstić information content (AvgIpc) is 2.87. The van der Waals surface area contributed by atoms with Crippen molar-refractivity contribution in [3.63, 3.8) is 0 Å². The largest absolute Gasteiger partial charge is 0.469 e. The molecule has 3 unspecified atom stereocenters. The molecular formula is C12H20N2O3S. The van der Waals surface area contributed by atoms with Gasteiger partial charge in [0, 0.05) is 24.5 Å². The van der Waals surface area contributed by atoms with Crippen LogP contribution in [-0.2, 0) is 9.53 Å². The first-order chi connectivity index (χ1) is 8.63. The second-order valence-electron chi connectivity index (χ2n) is 4.85. The van der Waals surface area contributed by atoms with Crippen molar-refractivity contribution < 1.29 is 14.3 Å². The molecule has 0 aromatic carbocycles. The fraction of sp³-hybridized carbons (Fsp3) is 0.833. The third kappa shape index (κ3) is 2.74. The summed E-state index contributed by atoms with van der Waals surface area (Å²) >= 11 is 1.93. The zero-order valence-electron chi connectivity index (χ0n) is 10.8. The van der Waals surface area contributed by atoms with Gasteiger partial charge >= 0.3 is 12.0 Å². The molecule has 2 saturated heterocycles. The number of thioether (sulfide) groups is 1. The smallest absolute Gasteiger partial charge is 0.317 e. The maximum absolute atomic E-state index is 11.5. The number of nitrogens with zero attached hydrogens (tertiary/aromatic N) is 1. The molecule has 6 heteroatoms. The zero-order chi connectivity index (χ0) is 13.1. The van der Waals surface area contributed by atoms with E-state index in [1.54, 1.807) is 0 Å². The van der Waals surface area contributed by atoms with E-state index < -0.39 is 0 Å². The molecule has 0 aromatic rings. The fourth-order valence-corrected chi connectivity index (χ4v) is 4.33. The number of hydrogen-bond acceptors (Lipinski definition) is 4. The zero-order valence-corrected chi connectivity index (χ0v) is 11.7. The first-order valence-electron chi connectivity index (χ1n) is 6.35. The Morgan fingerprint density at radius 3 is 3.06 bits per heavy atom. The van der Waals surface area contributed by atoms with Gasteiger partial charge in [0.05, 0.1) is 19.2 Å². The van der Waals surface area contributed by atoms with Crippen molar-refractivity contribution >= 4 is 23.8 Å². The van der Waals surface area contributed by atoms with Gasteiger partial charge in [0.25, 0.3) is 0 Å². The molecule has 3 atom stereocenters. The van der Waals surface area contributed by atoms with Crippen LogP contribution in [0.15, 0.2) is 0 Å². The topological polar surface area (TPSA) is 58.6 Å². The van der Waals surface area contributed by atoms with Crippen LogP contribution in [0.4, 0.5) is 4.79 Å². The molecule has 0 saturated carbocycles. The number of esters is 1. The monoisotopic (exact) mass is 272 g/mol. The van der Waals surface area contributed by atoms with E-state index in [0.717, 1.165) is 25.0 Å². The molecule has 18 heavy (non-hydrogen) atoms. The lowest BCUT2D eigenvalue weighted by Crippen LogP contribution is -2.38. The summed E-state index contributed by atoms with van der Waals surface area (Å²) in [7, 11) is 3.29. The Morgan fingerprint density at radius 2 is 2.33 bits per heavy atom. The number of ether oxygens (including phenoxy) is 1. The maximum atomic E-state index is 11.5. The van der Waals surface area contributed by atoms with Gasteiger partial charge in [-0.15, -0.1) is 0 Å². The molecule has 0 bridgehead atoms. The van der Waals surface area contributed by atoms with Crippen molar-refractivity contribution in [2.75, 3.05) is 19.9 Å². The van der Waals surface area contributed by atoms with E-state index in [-0.39, 0.29) is 12.0 Å². The van der Waals surface area contributed by atoms with E-state index in [9.17, 15) is 9.59 Å². The highest BCUT2D eigenvalue weighted by atomic mass is 32.2. The normalized spacial score (nSPS) is 30.2. The lowest BCUT2D eigenvalue weighted by Gasteiger charge is -2.23. The molecule has 0 aromatic heterocycles. The summed E-state index contributed by atoms with van der Waals surface area (Å²) in [5.74, 6) is 0.865. The predicted molar refractivity (Wildman–Crippen MR) is 70.6 cm³/mol. The first-order valence-corrected chi connectivity index (χ1v) is 7.40. The Balaban J connectivity index is 1.74. The van der Waals surface area contributed by atoms with Crippen LogP contribution in [0, 0.1) is 0 Å². The molecule has 2 amide bonds. The SMILES string of the molecule is COC(=O)CCCCC1SCC2NC(=O)N(C)C21. The van der Waals surface area contributed by atoms with Crippen LogP contribution >= 0.6 is 11.8 Å². The van der Waals surface area contributed by atoms with Gasteiger partial charge < -0.3 is 15.0 Å². The van der Waals surface area contributed by atoms with Gasteiger partial charge in [0.15, 0.2) is 0 Å². The summed E-state index contributed by atoms with van der Waals surface area (Å²) in [6.45, 7) is 0. The molecule has 2 rings (SSSR count). The van der Waals surface area contributed by atoms with E-state index in [1.807, 2.05) is 23.7 Å². The lowest BCUT2D eigenvalue weighted by atomic mass is 10.0. The molecule has 2 aliphatic rings. The molecule has 0 radical (unpaired) electrons. The summed E-state index contributed by atoms with van der Waals surface area (Å²) in [5, 5.41) is 3.50. The summed E-state index contributed by atoms with van der Waals surface area (Å²) < 4.78 is 4.62. The fourth-order valence-electron chi connectivity index (χ4n) is 2.70. The van der Waals surface area contributed by atoms with Crippen molar-refractivity contribution in [1.29, 1.82) is 0 Å². The summed E-state index contributed by atoms with van der Waals surface area (Å²) in [6, 6.07) is 0.670. The Bertz CT molecular complexity index is 337. The third-order valence-corrected chi connectivity index (χ3v) is 5.20. The second kappa shape index (κ2) is 5.82. The van der Waals surface area contributed by atoms with Gasteiger partial charge in [-0.05, 0) is 12.8 Å². The highest BCUT2D eigenvalue weighted by molar-refractivity contribution is 8.00. The van der Waals surface area contributed by atoms with Gasteiger partial charge in [0.1, 0.15) is 0 Å². The minimum atomic E-state index is -0.137. The number of carbonyl (C=O) groups is 2. The van der Waals surface area contributed by atoms with Crippen LogP contribution < -0.4 is 5.32 Å². The van der Waals surface area contributed by atoms with Crippen LogP contribution in [0.5, 0.6) is 0 Å². The van der Waals surface area contributed by atoms with Crippen molar-refractivity contribution in [2.45, 2.75) is 43.0 Å².